The van der Waals surface area contributed by atoms with Gasteiger partial charge in [-0.25, -0.2) is 19.6 Å². The molecule has 2 aromatic carbocycles. The van der Waals surface area contributed by atoms with Crippen LogP contribution in [0.25, 0.3) is 11.4 Å². The smallest absolute Gasteiger partial charge is 0.335 e. The van der Waals surface area contributed by atoms with Gasteiger partial charge in [-0.3, -0.25) is 0 Å². The van der Waals surface area contributed by atoms with Crippen LogP contribution in [-0.4, -0.2) is 32.1 Å². The number of nitrogens with one attached hydrogen (secondary N) is 4. The van der Waals surface area contributed by atoms with Gasteiger partial charge in [0.25, 0.3) is 0 Å². The number of carboxylic acids is 1. The molecule has 9 nitrogen and oxygen atoms in total. The van der Waals surface area contributed by atoms with Crippen LogP contribution in [-0.2, 0) is 0 Å². The molecule has 0 unspecified atom stereocenters. The van der Waals surface area contributed by atoms with E-state index in [2.05, 4.69) is 30.9 Å². The zero-order chi connectivity index (χ0) is 21.6. The van der Waals surface area contributed by atoms with E-state index < -0.39 is 12.0 Å². The first-order valence-corrected chi connectivity index (χ1v) is 9.32. The van der Waals surface area contributed by atoms with E-state index >= 15 is 0 Å². The summed E-state index contributed by atoms with van der Waals surface area (Å²) in [6.45, 7) is 0. The van der Waals surface area contributed by atoms with E-state index in [1.807, 2.05) is 24.4 Å². The van der Waals surface area contributed by atoms with Gasteiger partial charge in [0.15, 0.2) is 0 Å². The lowest BCUT2D eigenvalue weighted by molar-refractivity contribution is 0.0697. The summed E-state index contributed by atoms with van der Waals surface area (Å²) in [5.41, 5.74) is 3.32. The zero-order valence-electron chi connectivity index (χ0n) is 16.2. The normalized spacial score (nSPS) is 10.3. The third-order valence-electron chi connectivity index (χ3n) is 4.27. The Morgan fingerprint density at radius 3 is 2.35 bits per heavy atom. The third-order valence-corrected chi connectivity index (χ3v) is 4.27. The summed E-state index contributed by atoms with van der Waals surface area (Å²) >= 11 is 0. The van der Waals surface area contributed by atoms with Crippen molar-refractivity contribution in [3.8, 4) is 11.4 Å². The van der Waals surface area contributed by atoms with Crippen molar-refractivity contribution in [1.29, 1.82) is 0 Å². The van der Waals surface area contributed by atoms with Gasteiger partial charge in [-0.05, 0) is 54.6 Å². The van der Waals surface area contributed by atoms with E-state index in [1.54, 1.807) is 42.6 Å². The van der Waals surface area contributed by atoms with Crippen molar-refractivity contribution in [2.75, 3.05) is 16.0 Å². The maximum Gasteiger partial charge on any atom is 0.335 e. The first-order valence-electron chi connectivity index (χ1n) is 9.32. The van der Waals surface area contributed by atoms with Gasteiger partial charge in [-0.2, -0.15) is 0 Å². The van der Waals surface area contributed by atoms with Gasteiger partial charge < -0.3 is 26.0 Å². The van der Waals surface area contributed by atoms with Gasteiger partial charge >= 0.3 is 12.0 Å². The van der Waals surface area contributed by atoms with Crippen LogP contribution in [0.5, 0.6) is 0 Å². The summed E-state index contributed by atoms with van der Waals surface area (Å²) in [5.74, 6) is -0.649. The molecule has 0 aliphatic carbocycles. The molecule has 0 spiro atoms. The Bertz CT molecular complexity index is 1220. The van der Waals surface area contributed by atoms with Crippen molar-refractivity contribution in [1.82, 2.24) is 15.0 Å². The molecular weight excluding hydrogens is 396 g/mol. The monoisotopic (exact) mass is 414 g/mol. The zero-order valence-corrected chi connectivity index (χ0v) is 16.2. The Labute approximate surface area is 177 Å². The molecule has 4 aromatic rings. The second kappa shape index (κ2) is 8.78. The fourth-order valence-electron chi connectivity index (χ4n) is 2.89. The van der Waals surface area contributed by atoms with E-state index in [0.29, 0.717) is 23.0 Å². The van der Waals surface area contributed by atoms with Gasteiger partial charge in [-0.15, -0.1) is 0 Å². The molecule has 0 saturated heterocycles. The number of aromatic amines is 1. The number of nitrogens with zero attached hydrogens (tertiary/aromatic N) is 2. The number of urea groups is 1. The molecule has 0 aliphatic rings. The molecule has 2 aromatic heterocycles. The first kappa shape index (κ1) is 19.6. The summed E-state index contributed by atoms with van der Waals surface area (Å²) < 4.78 is 0. The highest BCUT2D eigenvalue weighted by molar-refractivity contribution is 6.00. The van der Waals surface area contributed by atoms with Gasteiger partial charge in [0.1, 0.15) is 0 Å². The Kier molecular flexibility index (Phi) is 5.57. The number of carbonyl (C=O) groups is 2. The molecule has 2 amide bonds. The molecule has 154 valence electrons. The van der Waals surface area contributed by atoms with Crippen LogP contribution in [0.1, 0.15) is 10.4 Å². The van der Waals surface area contributed by atoms with Crippen molar-refractivity contribution < 1.29 is 14.7 Å². The average Bonchev–Trinajstić information content (AvgIpc) is 3.29. The number of carbonyl (C=O) groups excluding carboxylic acids is 1. The molecule has 0 fully saturated rings. The highest BCUT2D eigenvalue weighted by atomic mass is 16.4. The van der Waals surface area contributed by atoms with E-state index in [9.17, 15) is 9.59 Å². The number of aromatic nitrogens is 3. The topological polar surface area (TPSA) is 132 Å². The lowest BCUT2D eigenvalue weighted by atomic mass is 10.2. The highest BCUT2D eigenvalue weighted by Crippen LogP contribution is 2.21. The van der Waals surface area contributed by atoms with E-state index in [0.717, 1.165) is 11.4 Å². The molecule has 2 heterocycles. The minimum absolute atomic E-state index is 0.0885. The molecule has 0 radical (unpaired) electrons. The van der Waals surface area contributed by atoms with Crippen molar-refractivity contribution in [3.05, 3.63) is 84.7 Å². The van der Waals surface area contributed by atoms with Gasteiger partial charge in [0.2, 0.25) is 5.95 Å². The molecule has 0 saturated carbocycles. The molecule has 0 aliphatic heterocycles. The second-order valence-corrected chi connectivity index (χ2v) is 6.52. The standard InChI is InChI=1S/C22H18N6O3/c29-20(30)14-4-1-5-15(12-14)26-22(31)27-17-7-2-6-16(13-17)25-21-24-11-9-19(28-21)18-8-3-10-23-18/h1-13,23H,(H,29,30)(H,24,25,28)(H2,26,27,31). The number of rotatable bonds is 6. The predicted octanol–water partition coefficient (Wildman–Crippen LogP) is 4.56. The molecular formula is C22H18N6O3. The van der Waals surface area contributed by atoms with Crippen LogP contribution in [0.3, 0.4) is 0 Å². The Hall–Kier alpha value is -4.66. The van der Waals surface area contributed by atoms with Crippen LogP contribution < -0.4 is 16.0 Å². The van der Waals surface area contributed by atoms with Crippen molar-refractivity contribution in [2.24, 2.45) is 0 Å². The quantitative estimate of drug-likeness (QED) is 0.314. The van der Waals surface area contributed by atoms with Crippen molar-refractivity contribution in [2.45, 2.75) is 0 Å². The lowest BCUT2D eigenvalue weighted by Crippen LogP contribution is -2.19. The fraction of sp³-hybridized carbons (Fsp3) is 0. The Morgan fingerprint density at radius 1 is 0.871 bits per heavy atom. The summed E-state index contributed by atoms with van der Waals surface area (Å²) in [5, 5.41) is 17.5. The molecule has 31 heavy (non-hydrogen) atoms. The number of H-pyrrole nitrogens is 1. The average molecular weight is 414 g/mol. The summed E-state index contributed by atoms with van der Waals surface area (Å²) in [7, 11) is 0. The number of benzene rings is 2. The van der Waals surface area contributed by atoms with Crippen LogP contribution in [0.15, 0.2) is 79.1 Å². The Morgan fingerprint density at radius 2 is 1.61 bits per heavy atom. The number of hydrogen-bond acceptors (Lipinski definition) is 5. The maximum atomic E-state index is 12.3. The number of amides is 2. The van der Waals surface area contributed by atoms with Crippen LogP contribution in [0.4, 0.5) is 27.8 Å². The van der Waals surface area contributed by atoms with Crippen LogP contribution in [0.2, 0.25) is 0 Å². The fourth-order valence-corrected chi connectivity index (χ4v) is 2.89. The van der Waals surface area contributed by atoms with E-state index in [4.69, 9.17) is 5.11 Å². The third kappa shape index (κ3) is 5.04. The van der Waals surface area contributed by atoms with Crippen LogP contribution in [0, 0.1) is 0 Å². The van der Waals surface area contributed by atoms with E-state index in [-0.39, 0.29) is 5.56 Å². The molecule has 0 bridgehead atoms. The number of carboxylic acid groups (broad SMARTS) is 1. The van der Waals surface area contributed by atoms with Crippen molar-refractivity contribution in [3.63, 3.8) is 0 Å². The number of anilines is 4. The first-order chi connectivity index (χ1) is 15.1. The predicted molar refractivity (Wildman–Crippen MR) is 118 cm³/mol. The SMILES string of the molecule is O=C(Nc1cccc(Nc2nccc(-c3ccc[nH]3)n2)c1)Nc1cccc(C(=O)O)c1. The van der Waals surface area contributed by atoms with Gasteiger partial charge in [0, 0.05) is 29.5 Å². The molecule has 0 atom stereocenters. The van der Waals surface area contributed by atoms with Crippen molar-refractivity contribution >= 4 is 35.0 Å². The van der Waals surface area contributed by atoms with Gasteiger partial charge in [0.05, 0.1) is 17.0 Å². The van der Waals surface area contributed by atoms with E-state index in [1.165, 1.54) is 12.1 Å². The summed E-state index contributed by atoms with van der Waals surface area (Å²) in [4.78, 5) is 35.2. The molecule has 9 heteroatoms. The van der Waals surface area contributed by atoms with Crippen LogP contribution >= 0.6 is 0 Å². The number of aromatic carboxylic acids is 1. The highest BCUT2D eigenvalue weighted by Gasteiger charge is 2.08. The maximum absolute atomic E-state index is 12.3. The van der Waals surface area contributed by atoms with Gasteiger partial charge in [-0.1, -0.05) is 12.1 Å². The largest absolute Gasteiger partial charge is 0.478 e. The second-order valence-electron chi connectivity index (χ2n) is 6.52. The minimum atomic E-state index is -1.06. The summed E-state index contributed by atoms with van der Waals surface area (Å²) in [6, 6.07) is 18.2. The lowest BCUT2D eigenvalue weighted by Gasteiger charge is -2.10. The Balaban J connectivity index is 1.43. The molecule has 4 rings (SSSR count). The number of hydrogen-bond donors (Lipinski definition) is 5. The minimum Gasteiger partial charge on any atom is -0.478 e. The molecule has 5 N–H and O–H groups in total. The summed E-state index contributed by atoms with van der Waals surface area (Å²) in [6.07, 6.45) is 3.48.